The summed E-state index contributed by atoms with van der Waals surface area (Å²) in [6, 6.07) is 3.49. The van der Waals surface area contributed by atoms with Crippen LogP contribution in [0.3, 0.4) is 0 Å². The van der Waals surface area contributed by atoms with Crippen molar-refractivity contribution in [3.63, 3.8) is 0 Å². The number of aromatic amines is 1. The van der Waals surface area contributed by atoms with Crippen LogP contribution in [0.5, 0.6) is 0 Å². The first-order chi connectivity index (χ1) is 11.8. The number of aliphatic carboxylic acids is 1. The van der Waals surface area contributed by atoms with Crippen LogP contribution in [0.1, 0.15) is 31.5 Å². The van der Waals surface area contributed by atoms with Crippen molar-refractivity contribution in [1.82, 2.24) is 20.3 Å². The summed E-state index contributed by atoms with van der Waals surface area (Å²) in [7, 11) is 0. The van der Waals surface area contributed by atoms with Crippen LogP contribution in [-0.2, 0) is 16.0 Å². The molecule has 25 heavy (non-hydrogen) atoms. The van der Waals surface area contributed by atoms with Crippen LogP contribution in [-0.4, -0.2) is 37.5 Å². The van der Waals surface area contributed by atoms with Crippen molar-refractivity contribution in [2.45, 2.75) is 39.2 Å². The minimum atomic E-state index is -1.37. The van der Waals surface area contributed by atoms with Gasteiger partial charge in [0.1, 0.15) is 11.4 Å². The molecule has 0 aliphatic carbocycles. The van der Waals surface area contributed by atoms with E-state index in [2.05, 4.69) is 20.3 Å². The zero-order chi connectivity index (χ0) is 18.6. The lowest BCUT2D eigenvalue weighted by atomic mass is 9.98. The van der Waals surface area contributed by atoms with Crippen molar-refractivity contribution >= 4 is 11.9 Å². The smallest absolute Gasteiger partial charge is 0.329 e. The SMILES string of the molecule is CCC(C)(NC(=O)Cc1c(C)nc(-c2cccnc2)[nH]c1=O)C(=O)O. The molecule has 2 aromatic rings. The third-order valence-electron chi connectivity index (χ3n) is 4.09. The normalized spacial score (nSPS) is 13.1. The largest absolute Gasteiger partial charge is 0.480 e. The van der Waals surface area contributed by atoms with E-state index in [0.717, 1.165) is 0 Å². The van der Waals surface area contributed by atoms with Crippen molar-refractivity contribution in [3.8, 4) is 11.4 Å². The van der Waals surface area contributed by atoms with E-state index in [1.807, 2.05) is 0 Å². The minimum absolute atomic E-state index is 0.203. The minimum Gasteiger partial charge on any atom is -0.480 e. The molecule has 0 spiro atoms. The van der Waals surface area contributed by atoms with E-state index in [9.17, 15) is 19.5 Å². The topological polar surface area (TPSA) is 125 Å². The van der Waals surface area contributed by atoms with E-state index >= 15 is 0 Å². The maximum Gasteiger partial charge on any atom is 0.329 e. The Morgan fingerprint density at radius 3 is 2.64 bits per heavy atom. The maximum atomic E-state index is 12.3. The summed E-state index contributed by atoms with van der Waals surface area (Å²) in [5.41, 5.74) is -0.542. The van der Waals surface area contributed by atoms with Crippen LogP contribution >= 0.6 is 0 Å². The van der Waals surface area contributed by atoms with Crippen molar-refractivity contribution < 1.29 is 14.7 Å². The first-order valence-corrected chi connectivity index (χ1v) is 7.81. The summed E-state index contributed by atoms with van der Waals surface area (Å²) in [5.74, 6) is -1.31. The monoisotopic (exact) mass is 344 g/mol. The molecule has 0 aliphatic rings. The Kier molecular flexibility index (Phi) is 5.31. The molecule has 1 atom stereocenters. The zero-order valence-electron chi connectivity index (χ0n) is 14.3. The molecule has 0 aliphatic heterocycles. The van der Waals surface area contributed by atoms with E-state index in [0.29, 0.717) is 17.1 Å². The van der Waals surface area contributed by atoms with Gasteiger partial charge in [0.2, 0.25) is 5.91 Å². The molecule has 0 fully saturated rings. The molecule has 0 radical (unpaired) electrons. The number of nitrogens with zero attached hydrogens (tertiary/aromatic N) is 2. The standard InChI is InChI=1S/C17H20N4O4/c1-4-17(3,16(24)25)21-13(22)8-12-10(2)19-14(20-15(12)23)11-6-5-7-18-9-11/h5-7,9H,4,8H2,1-3H3,(H,21,22)(H,24,25)(H,19,20,23). The van der Waals surface area contributed by atoms with Crippen molar-refractivity contribution in [1.29, 1.82) is 0 Å². The van der Waals surface area contributed by atoms with Gasteiger partial charge < -0.3 is 15.4 Å². The van der Waals surface area contributed by atoms with Gasteiger partial charge in [-0.3, -0.25) is 14.6 Å². The van der Waals surface area contributed by atoms with Gasteiger partial charge in [-0.1, -0.05) is 6.92 Å². The number of carboxylic acid groups (broad SMARTS) is 1. The van der Waals surface area contributed by atoms with Gasteiger partial charge in [-0.05, 0) is 32.4 Å². The summed E-state index contributed by atoms with van der Waals surface area (Å²) >= 11 is 0. The summed E-state index contributed by atoms with van der Waals surface area (Å²) in [6.45, 7) is 4.72. The molecular weight excluding hydrogens is 324 g/mol. The highest BCUT2D eigenvalue weighted by Gasteiger charge is 2.33. The molecular formula is C17H20N4O4. The Labute approximate surface area is 144 Å². The number of aromatic nitrogens is 3. The molecule has 2 heterocycles. The second-order valence-corrected chi connectivity index (χ2v) is 5.94. The molecule has 132 valence electrons. The highest BCUT2D eigenvalue weighted by molar-refractivity contribution is 5.87. The van der Waals surface area contributed by atoms with Crippen LogP contribution in [0.4, 0.5) is 0 Å². The number of nitrogens with one attached hydrogen (secondary N) is 2. The number of carboxylic acids is 1. The fourth-order valence-corrected chi connectivity index (χ4v) is 2.26. The highest BCUT2D eigenvalue weighted by Crippen LogP contribution is 2.14. The van der Waals surface area contributed by atoms with Gasteiger partial charge >= 0.3 is 5.97 Å². The predicted octanol–water partition coefficient (Wildman–Crippen LogP) is 1.05. The van der Waals surface area contributed by atoms with Gasteiger partial charge in [0, 0.05) is 29.2 Å². The van der Waals surface area contributed by atoms with E-state index in [4.69, 9.17) is 0 Å². The first kappa shape index (κ1) is 18.3. The lowest BCUT2D eigenvalue weighted by Crippen LogP contribution is -2.52. The Morgan fingerprint density at radius 1 is 1.40 bits per heavy atom. The second-order valence-electron chi connectivity index (χ2n) is 5.94. The van der Waals surface area contributed by atoms with Crippen LogP contribution in [0.15, 0.2) is 29.3 Å². The number of carbonyl (C=O) groups is 2. The van der Waals surface area contributed by atoms with Crippen LogP contribution < -0.4 is 10.9 Å². The number of amides is 1. The number of hydrogen-bond donors (Lipinski definition) is 3. The molecule has 0 saturated carbocycles. The van der Waals surface area contributed by atoms with E-state index in [1.165, 1.54) is 6.92 Å². The number of carbonyl (C=O) groups excluding carboxylic acids is 1. The van der Waals surface area contributed by atoms with E-state index < -0.39 is 23.0 Å². The number of H-pyrrole nitrogens is 1. The number of hydrogen-bond acceptors (Lipinski definition) is 5. The molecule has 0 bridgehead atoms. The molecule has 2 aromatic heterocycles. The van der Waals surface area contributed by atoms with Gasteiger partial charge in [0.15, 0.2) is 0 Å². The Bertz CT molecular complexity index is 847. The molecule has 1 amide bonds. The summed E-state index contributed by atoms with van der Waals surface area (Å²) in [5, 5.41) is 11.7. The lowest BCUT2D eigenvalue weighted by molar-refractivity contribution is -0.146. The zero-order valence-corrected chi connectivity index (χ0v) is 14.3. The average molecular weight is 344 g/mol. The quantitative estimate of drug-likeness (QED) is 0.719. The molecule has 8 heteroatoms. The van der Waals surface area contributed by atoms with Crippen molar-refractivity contribution in [2.24, 2.45) is 0 Å². The van der Waals surface area contributed by atoms with Gasteiger partial charge in [-0.25, -0.2) is 9.78 Å². The summed E-state index contributed by atoms with van der Waals surface area (Å²) in [6.07, 6.45) is 3.16. The Balaban J connectivity index is 2.25. The maximum absolute atomic E-state index is 12.3. The number of pyridine rings is 1. The number of aryl methyl sites for hydroxylation is 1. The van der Waals surface area contributed by atoms with Crippen LogP contribution in [0, 0.1) is 6.92 Å². The predicted molar refractivity (Wildman–Crippen MR) is 91.0 cm³/mol. The van der Waals surface area contributed by atoms with Gasteiger partial charge in [-0.2, -0.15) is 0 Å². The Morgan fingerprint density at radius 2 is 2.12 bits per heavy atom. The highest BCUT2D eigenvalue weighted by atomic mass is 16.4. The van der Waals surface area contributed by atoms with Gasteiger partial charge in [0.25, 0.3) is 5.56 Å². The average Bonchev–Trinajstić information content (AvgIpc) is 2.58. The van der Waals surface area contributed by atoms with E-state index in [-0.39, 0.29) is 18.4 Å². The molecule has 2 rings (SSSR count). The fraction of sp³-hybridized carbons (Fsp3) is 0.353. The fourth-order valence-electron chi connectivity index (χ4n) is 2.26. The second kappa shape index (κ2) is 7.25. The third kappa shape index (κ3) is 4.09. The third-order valence-corrected chi connectivity index (χ3v) is 4.09. The molecule has 3 N–H and O–H groups in total. The number of rotatable bonds is 6. The molecule has 0 aromatic carbocycles. The molecule has 1 unspecified atom stereocenters. The summed E-state index contributed by atoms with van der Waals surface area (Å²) < 4.78 is 0. The van der Waals surface area contributed by atoms with Crippen molar-refractivity contribution in [2.75, 3.05) is 0 Å². The van der Waals surface area contributed by atoms with E-state index in [1.54, 1.807) is 38.4 Å². The molecule has 8 nitrogen and oxygen atoms in total. The van der Waals surface area contributed by atoms with Crippen LogP contribution in [0.2, 0.25) is 0 Å². The summed E-state index contributed by atoms with van der Waals surface area (Å²) in [4.78, 5) is 46.7. The van der Waals surface area contributed by atoms with Gasteiger partial charge in [0.05, 0.1) is 6.42 Å². The van der Waals surface area contributed by atoms with Crippen LogP contribution in [0.25, 0.3) is 11.4 Å². The first-order valence-electron chi connectivity index (χ1n) is 7.81. The Hall–Kier alpha value is -3.03. The van der Waals surface area contributed by atoms with Crippen molar-refractivity contribution in [3.05, 3.63) is 46.1 Å². The molecule has 0 saturated heterocycles. The van der Waals surface area contributed by atoms with Gasteiger partial charge in [-0.15, -0.1) is 0 Å². The lowest BCUT2D eigenvalue weighted by Gasteiger charge is -2.24.